The Labute approximate surface area is 108 Å². The molecule has 0 bridgehead atoms. The van der Waals surface area contributed by atoms with Gasteiger partial charge in [-0.1, -0.05) is 11.6 Å². The van der Waals surface area contributed by atoms with Crippen LogP contribution in [0.2, 0.25) is 5.02 Å². The van der Waals surface area contributed by atoms with Crippen molar-refractivity contribution in [2.75, 3.05) is 10.7 Å². The van der Waals surface area contributed by atoms with Crippen LogP contribution in [0.1, 0.15) is 5.56 Å². The van der Waals surface area contributed by atoms with Crippen molar-refractivity contribution in [2.24, 2.45) is 5.84 Å². The molecule has 0 radical (unpaired) electrons. The predicted octanol–water partition coefficient (Wildman–Crippen LogP) is 2.03. The van der Waals surface area contributed by atoms with Crippen LogP contribution in [0.3, 0.4) is 0 Å². The molecule has 0 fully saturated rings. The smallest absolute Gasteiger partial charge is 0.239 e. The molecule has 1 heterocycles. The summed E-state index contributed by atoms with van der Waals surface area (Å²) in [4.78, 5) is 7.97. The van der Waals surface area contributed by atoms with Gasteiger partial charge in [0.15, 0.2) is 0 Å². The Hall–Kier alpha value is -2.36. The molecule has 18 heavy (non-hydrogen) atoms. The predicted molar refractivity (Wildman–Crippen MR) is 69.3 cm³/mol. The number of nitrogens with zero attached hydrogens (tertiary/aromatic N) is 3. The van der Waals surface area contributed by atoms with Gasteiger partial charge in [-0.05, 0) is 24.3 Å². The molecule has 0 aliphatic carbocycles. The Morgan fingerprint density at radius 1 is 1.33 bits per heavy atom. The van der Waals surface area contributed by atoms with Gasteiger partial charge in [0.25, 0.3) is 0 Å². The first-order valence-electron chi connectivity index (χ1n) is 4.99. The molecule has 0 atom stereocenters. The maximum absolute atomic E-state index is 8.74. The normalized spacial score (nSPS) is 9.61. The van der Waals surface area contributed by atoms with Gasteiger partial charge in [-0.3, -0.25) is 5.43 Å². The second-order valence-corrected chi connectivity index (χ2v) is 3.75. The highest BCUT2D eigenvalue weighted by molar-refractivity contribution is 6.33. The summed E-state index contributed by atoms with van der Waals surface area (Å²) in [5.41, 5.74) is 3.50. The van der Waals surface area contributed by atoms with E-state index in [1.807, 2.05) is 6.07 Å². The van der Waals surface area contributed by atoms with E-state index in [9.17, 15) is 0 Å². The summed E-state index contributed by atoms with van der Waals surface area (Å²) in [7, 11) is 0. The van der Waals surface area contributed by atoms with E-state index < -0.39 is 0 Å². The first-order chi connectivity index (χ1) is 8.72. The van der Waals surface area contributed by atoms with Gasteiger partial charge < -0.3 is 5.32 Å². The molecule has 0 spiro atoms. The highest BCUT2D eigenvalue weighted by Crippen LogP contribution is 2.25. The number of benzene rings is 1. The third kappa shape index (κ3) is 2.66. The van der Waals surface area contributed by atoms with Crippen LogP contribution in [0.25, 0.3) is 0 Å². The zero-order valence-electron chi connectivity index (χ0n) is 9.18. The molecule has 6 nitrogen and oxygen atoms in total. The lowest BCUT2D eigenvalue weighted by Gasteiger charge is -2.08. The zero-order chi connectivity index (χ0) is 13.0. The molecule has 90 valence electrons. The molecule has 0 aliphatic heterocycles. The Kier molecular flexibility index (Phi) is 3.57. The number of halogens is 1. The molecule has 1 aromatic carbocycles. The average molecular weight is 261 g/mol. The summed E-state index contributed by atoms with van der Waals surface area (Å²) in [5.74, 6) is 6.06. The Morgan fingerprint density at radius 3 is 2.83 bits per heavy atom. The van der Waals surface area contributed by atoms with Gasteiger partial charge in [0.1, 0.15) is 5.82 Å². The minimum absolute atomic E-state index is 0.296. The van der Waals surface area contributed by atoms with E-state index in [0.29, 0.717) is 28.0 Å². The van der Waals surface area contributed by atoms with E-state index in [0.717, 1.165) is 0 Å². The monoisotopic (exact) mass is 260 g/mol. The van der Waals surface area contributed by atoms with Crippen molar-refractivity contribution < 1.29 is 0 Å². The summed E-state index contributed by atoms with van der Waals surface area (Å²) < 4.78 is 0. The van der Waals surface area contributed by atoms with Gasteiger partial charge in [-0.2, -0.15) is 10.2 Å². The second-order valence-electron chi connectivity index (χ2n) is 3.34. The summed E-state index contributed by atoms with van der Waals surface area (Å²) in [6.07, 6.45) is 1.56. The topological polar surface area (TPSA) is 99.7 Å². The fraction of sp³-hybridized carbons (Fsp3) is 0. The van der Waals surface area contributed by atoms with Crippen LogP contribution in [-0.2, 0) is 0 Å². The van der Waals surface area contributed by atoms with Gasteiger partial charge in [0.2, 0.25) is 5.95 Å². The summed E-state index contributed by atoms with van der Waals surface area (Å²) in [6, 6.07) is 8.64. The summed E-state index contributed by atoms with van der Waals surface area (Å²) >= 11 is 6.03. The summed E-state index contributed by atoms with van der Waals surface area (Å²) in [6.45, 7) is 0. The van der Waals surface area contributed by atoms with Gasteiger partial charge in [-0.25, -0.2) is 10.8 Å². The molecular weight excluding hydrogens is 252 g/mol. The fourth-order valence-electron chi connectivity index (χ4n) is 1.32. The number of hydrogen-bond donors (Lipinski definition) is 3. The van der Waals surface area contributed by atoms with Crippen LogP contribution in [0.4, 0.5) is 17.5 Å². The SMILES string of the molecule is N#Cc1ccc(Nc2ccnc(NN)n2)c(Cl)c1. The third-order valence-electron chi connectivity index (χ3n) is 2.15. The molecule has 0 unspecified atom stereocenters. The molecule has 7 heteroatoms. The van der Waals surface area contributed by atoms with Crippen LogP contribution in [0.5, 0.6) is 0 Å². The number of nitrogens with two attached hydrogens (primary N) is 1. The van der Waals surface area contributed by atoms with E-state index in [1.54, 1.807) is 30.5 Å². The van der Waals surface area contributed by atoms with Crippen LogP contribution in [-0.4, -0.2) is 9.97 Å². The lowest BCUT2D eigenvalue weighted by Crippen LogP contribution is -2.10. The number of nitriles is 1. The second kappa shape index (κ2) is 5.31. The molecule has 0 amide bonds. The summed E-state index contributed by atoms with van der Waals surface area (Å²) in [5, 5.41) is 12.2. The van der Waals surface area contributed by atoms with Crippen molar-refractivity contribution in [1.29, 1.82) is 5.26 Å². The number of nitrogens with one attached hydrogen (secondary N) is 2. The molecule has 0 aliphatic rings. The van der Waals surface area contributed by atoms with Crippen LogP contribution < -0.4 is 16.6 Å². The molecule has 0 saturated carbocycles. The number of anilines is 3. The van der Waals surface area contributed by atoms with Gasteiger partial charge in [-0.15, -0.1) is 0 Å². The van der Waals surface area contributed by atoms with Crippen molar-refractivity contribution in [1.82, 2.24) is 9.97 Å². The minimum Gasteiger partial charge on any atom is -0.339 e. The van der Waals surface area contributed by atoms with E-state index in [1.165, 1.54) is 0 Å². The Morgan fingerprint density at radius 2 is 2.17 bits per heavy atom. The first kappa shape index (κ1) is 12.1. The third-order valence-corrected chi connectivity index (χ3v) is 2.46. The van der Waals surface area contributed by atoms with Gasteiger partial charge >= 0.3 is 0 Å². The van der Waals surface area contributed by atoms with E-state index >= 15 is 0 Å². The largest absolute Gasteiger partial charge is 0.339 e. The molecule has 2 aromatic rings. The maximum Gasteiger partial charge on any atom is 0.239 e. The highest BCUT2D eigenvalue weighted by atomic mass is 35.5. The lowest BCUT2D eigenvalue weighted by molar-refractivity contribution is 1.12. The molecule has 1 aromatic heterocycles. The van der Waals surface area contributed by atoms with Gasteiger partial charge in [0.05, 0.1) is 22.3 Å². The molecule has 4 N–H and O–H groups in total. The van der Waals surface area contributed by atoms with Crippen LogP contribution in [0, 0.1) is 11.3 Å². The number of hydrazine groups is 1. The molecule has 2 rings (SSSR count). The van der Waals surface area contributed by atoms with Crippen molar-refractivity contribution in [2.45, 2.75) is 0 Å². The van der Waals surface area contributed by atoms with Crippen LogP contribution >= 0.6 is 11.6 Å². The van der Waals surface area contributed by atoms with Crippen molar-refractivity contribution in [3.63, 3.8) is 0 Å². The number of rotatable bonds is 3. The molecular formula is C11H9ClN6. The van der Waals surface area contributed by atoms with E-state index in [-0.39, 0.29) is 0 Å². The van der Waals surface area contributed by atoms with E-state index in [2.05, 4.69) is 20.7 Å². The van der Waals surface area contributed by atoms with Gasteiger partial charge in [0, 0.05) is 6.20 Å². The first-order valence-corrected chi connectivity index (χ1v) is 5.37. The minimum atomic E-state index is 0.296. The highest BCUT2D eigenvalue weighted by Gasteiger charge is 2.04. The van der Waals surface area contributed by atoms with Crippen molar-refractivity contribution in [3.8, 4) is 6.07 Å². The number of nitrogen functional groups attached to an aromatic ring is 1. The number of hydrogen-bond acceptors (Lipinski definition) is 6. The average Bonchev–Trinajstić information content (AvgIpc) is 2.41. The van der Waals surface area contributed by atoms with Crippen LogP contribution in [0.15, 0.2) is 30.5 Å². The maximum atomic E-state index is 8.74. The van der Waals surface area contributed by atoms with E-state index in [4.69, 9.17) is 22.7 Å². The lowest BCUT2D eigenvalue weighted by atomic mass is 10.2. The molecule has 0 saturated heterocycles. The van der Waals surface area contributed by atoms with Crippen molar-refractivity contribution in [3.05, 3.63) is 41.0 Å². The Balaban J connectivity index is 2.26. The zero-order valence-corrected chi connectivity index (χ0v) is 9.94. The number of aromatic nitrogens is 2. The quantitative estimate of drug-likeness (QED) is 0.577. The Bertz CT molecular complexity index is 607. The standard InChI is InChI=1S/C11H9ClN6/c12-8-5-7(6-13)1-2-9(8)16-10-3-4-15-11(17-10)18-14/h1-5H,14H2,(H2,15,16,17,18). The fourth-order valence-corrected chi connectivity index (χ4v) is 1.55. The van der Waals surface area contributed by atoms with Crippen molar-refractivity contribution >= 4 is 29.1 Å².